The van der Waals surface area contributed by atoms with Crippen LogP contribution in [-0.2, 0) is 0 Å². The summed E-state index contributed by atoms with van der Waals surface area (Å²) >= 11 is 0. The molecule has 5 nitrogen and oxygen atoms in total. The molecule has 1 fully saturated rings. The average Bonchev–Trinajstić information content (AvgIpc) is 3.04. The Hall–Kier alpha value is -1.72. The van der Waals surface area contributed by atoms with Gasteiger partial charge in [-0.3, -0.25) is 0 Å². The summed E-state index contributed by atoms with van der Waals surface area (Å²) in [5.41, 5.74) is 7.67. The molecule has 1 saturated heterocycles. The van der Waals surface area contributed by atoms with E-state index in [1.807, 2.05) is 6.07 Å². The maximum atomic E-state index is 6.43. The van der Waals surface area contributed by atoms with Gasteiger partial charge in [-0.2, -0.15) is 0 Å². The van der Waals surface area contributed by atoms with Crippen LogP contribution in [0, 0.1) is 6.92 Å². The second kappa shape index (κ2) is 8.31. The zero-order valence-electron chi connectivity index (χ0n) is 16.6. The molecule has 26 heavy (non-hydrogen) atoms. The molecule has 142 valence electrons. The minimum Gasteiger partial charge on any atom is -0.324 e. The van der Waals surface area contributed by atoms with Crippen molar-refractivity contribution in [3.05, 3.63) is 47.5 Å². The maximum Gasteiger partial charge on any atom is 0.135 e. The lowest BCUT2D eigenvalue weighted by Gasteiger charge is -2.38. The zero-order chi connectivity index (χ0) is 18.7. The van der Waals surface area contributed by atoms with Crippen LogP contribution in [0.15, 0.2) is 30.3 Å². The van der Waals surface area contributed by atoms with Crippen molar-refractivity contribution >= 4 is 0 Å². The van der Waals surface area contributed by atoms with E-state index in [4.69, 9.17) is 5.73 Å². The van der Waals surface area contributed by atoms with Crippen molar-refractivity contribution < 1.29 is 0 Å². The van der Waals surface area contributed by atoms with Crippen LogP contribution in [0.5, 0.6) is 0 Å². The molecule has 1 aromatic carbocycles. The number of likely N-dealkylation sites (tertiary alicyclic amines) is 1. The normalized spacial score (nSPS) is 19.0. The van der Waals surface area contributed by atoms with Gasteiger partial charge in [0, 0.05) is 37.1 Å². The summed E-state index contributed by atoms with van der Waals surface area (Å²) in [4.78, 5) is 2.59. The van der Waals surface area contributed by atoms with E-state index in [1.165, 1.54) is 5.56 Å². The SMILES string of the molecule is Cc1nnc(C(C)C)n1C1CCN(C(C)CC(N)c2ccccc2)CC1. The van der Waals surface area contributed by atoms with Gasteiger partial charge in [0.05, 0.1) is 0 Å². The van der Waals surface area contributed by atoms with E-state index in [0.717, 1.165) is 44.0 Å². The van der Waals surface area contributed by atoms with Crippen LogP contribution in [0.25, 0.3) is 0 Å². The third kappa shape index (κ3) is 4.15. The highest BCUT2D eigenvalue weighted by atomic mass is 15.3. The Morgan fingerprint density at radius 3 is 2.35 bits per heavy atom. The van der Waals surface area contributed by atoms with Crippen LogP contribution in [-0.4, -0.2) is 38.8 Å². The maximum absolute atomic E-state index is 6.43. The highest BCUT2D eigenvalue weighted by Crippen LogP contribution is 2.29. The first-order chi connectivity index (χ1) is 12.5. The molecule has 0 bridgehead atoms. The quantitative estimate of drug-likeness (QED) is 0.855. The Kier molecular flexibility index (Phi) is 6.09. The minimum atomic E-state index is 0.108. The molecule has 0 amide bonds. The minimum absolute atomic E-state index is 0.108. The molecule has 0 spiro atoms. The zero-order valence-corrected chi connectivity index (χ0v) is 16.6. The number of nitrogens with two attached hydrogens (primary N) is 1. The lowest BCUT2D eigenvalue weighted by Crippen LogP contribution is -2.42. The Labute approximate surface area is 157 Å². The van der Waals surface area contributed by atoms with Crippen LogP contribution in [0.3, 0.4) is 0 Å². The van der Waals surface area contributed by atoms with Crippen molar-refractivity contribution in [1.82, 2.24) is 19.7 Å². The van der Waals surface area contributed by atoms with E-state index in [9.17, 15) is 0 Å². The summed E-state index contributed by atoms with van der Waals surface area (Å²) in [6, 6.07) is 11.6. The van der Waals surface area contributed by atoms with E-state index < -0.39 is 0 Å². The summed E-state index contributed by atoms with van der Waals surface area (Å²) in [5, 5.41) is 8.72. The Balaban J connectivity index is 1.57. The molecule has 2 heterocycles. The number of aryl methyl sites for hydroxylation is 1. The van der Waals surface area contributed by atoms with Crippen molar-refractivity contribution in [2.24, 2.45) is 5.73 Å². The first kappa shape index (κ1) is 19.1. The van der Waals surface area contributed by atoms with Crippen molar-refractivity contribution in [1.29, 1.82) is 0 Å². The number of piperidine rings is 1. The largest absolute Gasteiger partial charge is 0.324 e. The molecule has 2 atom stereocenters. The first-order valence-corrected chi connectivity index (χ1v) is 9.93. The van der Waals surface area contributed by atoms with Gasteiger partial charge in [-0.25, -0.2) is 0 Å². The molecule has 3 rings (SSSR count). The van der Waals surface area contributed by atoms with E-state index in [0.29, 0.717) is 18.0 Å². The second-order valence-electron chi connectivity index (χ2n) is 8.00. The lowest BCUT2D eigenvalue weighted by atomic mass is 9.97. The van der Waals surface area contributed by atoms with Gasteiger partial charge >= 0.3 is 0 Å². The van der Waals surface area contributed by atoms with E-state index in [1.54, 1.807) is 0 Å². The summed E-state index contributed by atoms with van der Waals surface area (Å²) in [7, 11) is 0. The van der Waals surface area contributed by atoms with Gasteiger partial charge in [-0.15, -0.1) is 10.2 Å². The van der Waals surface area contributed by atoms with Gasteiger partial charge in [-0.1, -0.05) is 44.2 Å². The Morgan fingerprint density at radius 1 is 1.08 bits per heavy atom. The molecule has 0 aliphatic carbocycles. The molecule has 2 aromatic rings. The van der Waals surface area contributed by atoms with Crippen LogP contribution in [0.2, 0.25) is 0 Å². The van der Waals surface area contributed by atoms with Gasteiger partial charge in [0.25, 0.3) is 0 Å². The molecular formula is C21H33N5. The van der Waals surface area contributed by atoms with Crippen LogP contribution >= 0.6 is 0 Å². The Morgan fingerprint density at radius 2 is 1.73 bits per heavy atom. The number of rotatable bonds is 6. The monoisotopic (exact) mass is 355 g/mol. The highest BCUT2D eigenvalue weighted by Gasteiger charge is 2.27. The predicted molar refractivity (Wildman–Crippen MR) is 106 cm³/mol. The molecule has 1 aliphatic rings. The third-order valence-corrected chi connectivity index (χ3v) is 5.72. The number of hydrogen-bond donors (Lipinski definition) is 1. The van der Waals surface area contributed by atoms with Crippen LogP contribution in [0.4, 0.5) is 0 Å². The number of benzene rings is 1. The van der Waals surface area contributed by atoms with Crippen molar-refractivity contribution in [2.45, 2.75) is 71.0 Å². The van der Waals surface area contributed by atoms with Crippen molar-refractivity contribution in [3.8, 4) is 0 Å². The summed E-state index contributed by atoms with van der Waals surface area (Å²) in [6.07, 6.45) is 3.31. The fourth-order valence-electron chi connectivity index (χ4n) is 4.17. The number of nitrogens with zero attached hydrogens (tertiary/aromatic N) is 4. The van der Waals surface area contributed by atoms with Crippen molar-refractivity contribution in [3.63, 3.8) is 0 Å². The summed E-state index contributed by atoms with van der Waals surface area (Å²) in [6.45, 7) is 11.0. The first-order valence-electron chi connectivity index (χ1n) is 9.93. The summed E-state index contributed by atoms with van der Waals surface area (Å²) in [5.74, 6) is 2.59. The molecular weight excluding hydrogens is 322 g/mol. The van der Waals surface area contributed by atoms with Gasteiger partial charge in [0.15, 0.2) is 0 Å². The smallest absolute Gasteiger partial charge is 0.135 e. The fraction of sp³-hybridized carbons (Fsp3) is 0.619. The topological polar surface area (TPSA) is 60.0 Å². The predicted octanol–water partition coefficient (Wildman–Crippen LogP) is 3.83. The molecule has 2 N–H and O–H groups in total. The Bertz CT molecular complexity index is 686. The van der Waals surface area contributed by atoms with Crippen LogP contribution < -0.4 is 5.73 Å². The molecule has 2 unspecified atom stereocenters. The lowest BCUT2D eigenvalue weighted by molar-refractivity contribution is 0.131. The fourth-order valence-corrected chi connectivity index (χ4v) is 4.17. The van der Waals surface area contributed by atoms with E-state index >= 15 is 0 Å². The van der Waals surface area contributed by atoms with Crippen molar-refractivity contribution in [2.75, 3.05) is 13.1 Å². The van der Waals surface area contributed by atoms with Gasteiger partial charge < -0.3 is 15.2 Å². The molecule has 1 aliphatic heterocycles. The van der Waals surface area contributed by atoms with Gasteiger partial charge in [0.2, 0.25) is 0 Å². The van der Waals surface area contributed by atoms with Gasteiger partial charge in [-0.05, 0) is 38.7 Å². The number of aromatic nitrogens is 3. The third-order valence-electron chi connectivity index (χ3n) is 5.72. The standard InChI is InChI=1S/C21H33N5/c1-15(2)21-24-23-17(4)26(21)19-10-12-25(13-11-19)16(3)14-20(22)18-8-6-5-7-9-18/h5-9,15-16,19-20H,10-14,22H2,1-4H3. The van der Waals surface area contributed by atoms with E-state index in [-0.39, 0.29) is 6.04 Å². The van der Waals surface area contributed by atoms with E-state index in [2.05, 4.69) is 71.6 Å². The molecule has 0 saturated carbocycles. The van der Waals surface area contributed by atoms with Crippen LogP contribution in [0.1, 0.15) is 75.2 Å². The van der Waals surface area contributed by atoms with Gasteiger partial charge in [0.1, 0.15) is 11.6 Å². The highest BCUT2D eigenvalue weighted by molar-refractivity contribution is 5.18. The number of hydrogen-bond acceptors (Lipinski definition) is 4. The molecule has 5 heteroatoms. The average molecular weight is 356 g/mol. The summed E-state index contributed by atoms with van der Waals surface area (Å²) < 4.78 is 2.38. The second-order valence-corrected chi connectivity index (χ2v) is 8.00. The molecule has 0 radical (unpaired) electrons. The molecule has 1 aromatic heterocycles.